The van der Waals surface area contributed by atoms with E-state index in [0.717, 1.165) is 18.5 Å². The van der Waals surface area contributed by atoms with Gasteiger partial charge in [0.05, 0.1) is 16.7 Å². The zero-order valence-electron chi connectivity index (χ0n) is 7.12. The highest BCUT2D eigenvalue weighted by molar-refractivity contribution is 7.07. The summed E-state index contributed by atoms with van der Waals surface area (Å²) in [4.78, 5) is 4.31. The SMILES string of the molecule is NC1(c2cscn2)CCCCC1. The molecule has 0 radical (unpaired) electrons. The van der Waals surface area contributed by atoms with E-state index in [4.69, 9.17) is 5.73 Å². The van der Waals surface area contributed by atoms with Gasteiger partial charge in [0.2, 0.25) is 0 Å². The molecule has 1 saturated carbocycles. The van der Waals surface area contributed by atoms with Crippen molar-refractivity contribution in [3.8, 4) is 0 Å². The van der Waals surface area contributed by atoms with E-state index in [1.165, 1.54) is 19.3 Å². The van der Waals surface area contributed by atoms with Crippen LogP contribution in [0.3, 0.4) is 0 Å². The van der Waals surface area contributed by atoms with E-state index in [9.17, 15) is 0 Å². The number of aromatic nitrogens is 1. The van der Waals surface area contributed by atoms with E-state index in [0.29, 0.717) is 0 Å². The number of nitrogens with zero attached hydrogens (tertiary/aromatic N) is 1. The Bertz CT molecular complexity index is 237. The van der Waals surface area contributed by atoms with Crippen LogP contribution < -0.4 is 5.73 Å². The lowest BCUT2D eigenvalue weighted by molar-refractivity contribution is 0.296. The van der Waals surface area contributed by atoms with Crippen molar-refractivity contribution >= 4 is 11.3 Å². The quantitative estimate of drug-likeness (QED) is 0.723. The molecule has 1 aliphatic rings. The normalized spacial score (nSPS) is 22.4. The highest BCUT2D eigenvalue weighted by Crippen LogP contribution is 2.34. The summed E-state index contributed by atoms with van der Waals surface area (Å²) < 4.78 is 0. The Labute approximate surface area is 76.8 Å². The van der Waals surface area contributed by atoms with Gasteiger partial charge in [0.15, 0.2) is 0 Å². The van der Waals surface area contributed by atoms with Crippen LogP contribution in [0.25, 0.3) is 0 Å². The summed E-state index contributed by atoms with van der Waals surface area (Å²) in [5.41, 5.74) is 9.15. The fourth-order valence-corrected chi connectivity index (χ4v) is 2.56. The zero-order chi connectivity index (χ0) is 8.44. The Balaban J connectivity index is 2.19. The van der Waals surface area contributed by atoms with Crippen LogP contribution in [0.5, 0.6) is 0 Å². The molecule has 1 heterocycles. The second-order valence-electron chi connectivity index (χ2n) is 3.59. The number of hydrogen-bond donors (Lipinski definition) is 1. The summed E-state index contributed by atoms with van der Waals surface area (Å²) in [6.07, 6.45) is 6.07. The third-order valence-corrected chi connectivity index (χ3v) is 3.27. The minimum atomic E-state index is -0.0990. The Hall–Kier alpha value is -0.410. The predicted molar refractivity (Wildman–Crippen MR) is 51.1 cm³/mol. The molecule has 0 spiro atoms. The molecule has 2 rings (SSSR count). The van der Waals surface area contributed by atoms with Crippen molar-refractivity contribution in [2.24, 2.45) is 5.73 Å². The number of nitrogens with two attached hydrogens (primary N) is 1. The van der Waals surface area contributed by atoms with Gasteiger partial charge in [-0.2, -0.15) is 0 Å². The van der Waals surface area contributed by atoms with Crippen molar-refractivity contribution < 1.29 is 0 Å². The van der Waals surface area contributed by atoms with E-state index in [1.54, 1.807) is 11.3 Å². The van der Waals surface area contributed by atoms with E-state index < -0.39 is 0 Å². The standard InChI is InChI=1S/C9H14N2S/c10-9(4-2-1-3-5-9)8-6-12-7-11-8/h6-7H,1-5,10H2. The van der Waals surface area contributed by atoms with Gasteiger partial charge in [-0.15, -0.1) is 11.3 Å². The van der Waals surface area contributed by atoms with Gasteiger partial charge in [-0.05, 0) is 12.8 Å². The summed E-state index contributed by atoms with van der Waals surface area (Å²) in [7, 11) is 0. The van der Waals surface area contributed by atoms with Crippen LogP contribution in [-0.4, -0.2) is 4.98 Å². The molecule has 66 valence electrons. The minimum absolute atomic E-state index is 0.0990. The van der Waals surface area contributed by atoms with Crippen molar-refractivity contribution in [1.29, 1.82) is 0 Å². The molecule has 1 aliphatic carbocycles. The maximum absolute atomic E-state index is 6.27. The molecule has 1 aromatic heterocycles. The summed E-state index contributed by atoms with van der Waals surface area (Å²) in [5.74, 6) is 0. The molecule has 1 fully saturated rings. The zero-order valence-corrected chi connectivity index (χ0v) is 7.94. The van der Waals surface area contributed by atoms with Gasteiger partial charge in [0, 0.05) is 5.38 Å². The summed E-state index contributed by atoms with van der Waals surface area (Å²) in [5, 5.41) is 2.09. The maximum Gasteiger partial charge on any atom is 0.0795 e. The summed E-state index contributed by atoms with van der Waals surface area (Å²) in [6, 6.07) is 0. The maximum atomic E-state index is 6.27. The Morgan fingerprint density at radius 1 is 1.33 bits per heavy atom. The van der Waals surface area contributed by atoms with Crippen LogP contribution in [0.4, 0.5) is 0 Å². The van der Waals surface area contributed by atoms with Crippen molar-refractivity contribution in [2.75, 3.05) is 0 Å². The molecular formula is C9H14N2S. The lowest BCUT2D eigenvalue weighted by atomic mass is 9.81. The minimum Gasteiger partial charge on any atom is -0.320 e. The van der Waals surface area contributed by atoms with E-state index in [2.05, 4.69) is 10.4 Å². The molecule has 3 heteroatoms. The predicted octanol–water partition coefficient (Wildman–Crippen LogP) is 2.26. The van der Waals surface area contributed by atoms with Gasteiger partial charge < -0.3 is 5.73 Å². The first-order valence-electron chi connectivity index (χ1n) is 4.49. The van der Waals surface area contributed by atoms with Crippen LogP contribution in [0.2, 0.25) is 0 Å². The first kappa shape index (κ1) is 8.20. The van der Waals surface area contributed by atoms with Crippen molar-refractivity contribution in [3.63, 3.8) is 0 Å². The Kier molecular flexibility index (Phi) is 2.15. The van der Waals surface area contributed by atoms with Gasteiger partial charge in [-0.1, -0.05) is 19.3 Å². The topological polar surface area (TPSA) is 38.9 Å². The Morgan fingerprint density at radius 2 is 2.08 bits per heavy atom. The van der Waals surface area contributed by atoms with Crippen molar-refractivity contribution in [2.45, 2.75) is 37.6 Å². The monoisotopic (exact) mass is 182 g/mol. The average molecular weight is 182 g/mol. The van der Waals surface area contributed by atoms with Crippen molar-refractivity contribution in [3.05, 3.63) is 16.6 Å². The second kappa shape index (κ2) is 3.15. The Morgan fingerprint density at radius 3 is 2.67 bits per heavy atom. The van der Waals surface area contributed by atoms with Gasteiger partial charge in [0.1, 0.15) is 0 Å². The van der Waals surface area contributed by atoms with Crippen LogP contribution in [0.1, 0.15) is 37.8 Å². The molecule has 1 aromatic rings. The van der Waals surface area contributed by atoms with Crippen LogP contribution in [0.15, 0.2) is 10.9 Å². The molecule has 0 bridgehead atoms. The van der Waals surface area contributed by atoms with E-state index in [-0.39, 0.29) is 5.54 Å². The average Bonchev–Trinajstić information content (AvgIpc) is 2.58. The molecule has 2 N–H and O–H groups in total. The molecule has 0 atom stereocenters. The molecule has 0 saturated heterocycles. The molecule has 12 heavy (non-hydrogen) atoms. The second-order valence-corrected chi connectivity index (χ2v) is 4.31. The van der Waals surface area contributed by atoms with Gasteiger partial charge in [-0.3, -0.25) is 0 Å². The van der Waals surface area contributed by atoms with Crippen LogP contribution in [0, 0.1) is 0 Å². The third-order valence-electron chi connectivity index (χ3n) is 2.69. The third kappa shape index (κ3) is 1.39. The summed E-state index contributed by atoms with van der Waals surface area (Å²) >= 11 is 1.64. The van der Waals surface area contributed by atoms with Gasteiger partial charge >= 0.3 is 0 Å². The number of hydrogen-bond acceptors (Lipinski definition) is 3. The van der Waals surface area contributed by atoms with Crippen LogP contribution in [-0.2, 0) is 5.54 Å². The van der Waals surface area contributed by atoms with Crippen molar-refractivity contribution in [1.82, 2.24) is 4.98 Å². The van der Waals surface area contributed by atoms with Gasteiger partial charge in [-0.25, -0.2) is 4.98 Å². The molecule has 0 unspecified atom stereocenters. The smallest absolute Gasteiger partial charge is 0.0795 e. The highest BCUT2D eigenvalue weighted by Gasteiger charge is 2.30. The number of rotatable bonds is 1. The molecule has 0 aromatic carbocycles. The lowest BCUT2D eigenvalue weighted by Gasteiger charge is -2.31. The molecule has 2 nitrogen and oxygen atoms in total. The first-order chi connectivity index (χ1) is 5.81. The molecular weight excluding hydrogens is 168 g/mol. The van der Waals surface area contributed by atoms with Gasteiger partial charge in [0.25, 0.3) is 0 Å². The fourth-order valence-electron chi connectivity index (χ4n) is 1.90. The summed E-state index contributed by atoms with van der Waals surface area (Å²) in [6.45, 7) is 0. The lowest BCUT2D eigenvalue weighted by Crippen LogP contribution is -2.38. The fraction of sp³-hybridized carbons (Fsp3) is 0.667. The number of thiazole rings is 1. The molecule has 0 amide bonds. The van der Waals surface area contributed by atoms with E-state index >= 15 is 0 Å². The largest absolute Gasteiger partial charge is 0.320 e. The highest BCUT2D eigenvalue weighted by atomic mass is 32.1. The van der Waals surface area contributed by atoms with E-state index in [1.807, 2.05) is 5.51 Å². The molecule has 0 aliphatic heterocycles. The van der Waals surface area contributed by atoms with Crippen LogP contribution >= 0.6 is 11.3 Å². The first-order valence-corrected chi connectivity index (χ1v) is 5.43.